The lowest BCUT2D eigenvalue weighted by molar-refractivity contribution is 0.0594. The van der Waals surface area contributed by atoms with E-state index in [0.717, 1.165) is 7.11 Å². The number of carbonyl (C=O) groups excluding carboxylic acids is 1. The van der Waals surface area contributed by atoms with Crippen LogP contribution in [0.2, 0.25) is 5.02 Å². The molecule has 0 atom stereocenters. The second kappa shape index (κ2) is 7.28. The summed E-state index contributed by atoms with van der Waals surface area (Å²) < 4.78 is 50.8. The molecule has 10 heteroatoms. The molecule has 6 nitrogen and oxygen atoms in total. The number of carbonyl (C=O) groups is 1. The Morgan fingerprint density at radius 2 is 1.89 bits per heavy atom. The van der Waals surface area contributed by atoms with Crippen molar-refractivity contribution in [2.24, 2.45) is 0 Å². The number of benzene rings is 1. The predicted octanol–water partition coefficient (Wildman–Crippen LogP) is 4.36. The molecular formula is C17H11ClF3N3O3. The average molecular weight is 398 g/mol. The van der Waals surface area contributed by atoms with Gasteiger partial charge in [-0.25, -0.2) is 27.9 Å². The molecule has 0 amide bonds. The van der Waals surface area contributed by atoms with Gasteiger partial charge in [0.05, 0.1) is 18.9 Å². The van der Waals surface area contributed by atoms with Crippen molar-refractivity contribution in [3.8, 4) is 11.4 Å². The van der Waals surface area contributed by atoms with Crippen molar-refractivity contribution >= 4 is 29.3 Å². The van der Waals surface area contributed by atoms with Crippen LogP contribution in [0, 0.1) is 17.5 Å². The Balaban J connectivity index is 2.25. The minimum atomic E-state index is -1.37. The van der Waals surface area contributed by atoms with Crippen LogP contribution < -0.4 is 4.90 Å². The van der Waals surface area contributed by atoms with Gasteiger partial charge in [0.15, 0.2) is 29.0 Å². The number of halogens is 4. The molecular weight excluding hydrogens is 387 g/mol. The first-order valence-electron chi connectivity index (χ1n) is 7.41. The zero-order valence-electron chi connectivity index (χ0n) is 14.0. The maximum absolute atomic E-state index is 14.2. The first-order valence-corrected chi connectivity index (χ1v) is 7.79. The summed E-state index contributed by atoms with van der Waals surface area (Å²) in [6.45, 7) is 0. The number of anilines is 2. The van der Waals surface area contributed by atoms with Gasteiger partial charge in [-0.1, -0.05) is 11.6 Å². The van der Waals surface area contributed by atoms with Crippen LogP contribution in [-0.4, -0.2) is 30.1 Å². The second-order valence-corrected chi connectivity index (χ2v) is 5.66. The van der Waals surface area contributed by atoms with E-state index in [-0.39, 0.29) is 22.4 Å². The molecule has 0 saturated heterocycles. The molecule has 2 heterocycles. The molecule has 27 heavy (non-hydrogen) atoms. The summed E-state index contributed by atoms with van der Waals surface area (Å²) in [6, 6.07) is 4.15. The van der Waals surface area contributed by atoms with Gasteiger partial charge < -0.3 is 9.15 Å². The van der Waals surface area contributed by atoms with E-state index in [4.69, 9.17) is 16.0 Å². The Hall–Kier alpha value is -3.07. The summed E-state index contributed by atoms with van der Waals surface area (Å²) in [6.07, 6.45) is 1.40. The maximum Gasteiger partial charge on any atom is 0.358 e. The topological polar surface area (TPSA) is 68.5 Å². The first kappa shape index (κ1) is 18.7. The maximum atomic E-state index is 14.2. The number of esters is 1. The molecule has 0 spiro atoms. The van der Waals surface area contributed by atoms with Crippen molar-refractivity contribution in [1.29, 1.82) is 0 Å². The SMILES string of the molecule is COC(=O)c1nc(-c2cc(F)c(F)cc2F)nc(N(C)c2ccco2)c1Cl. The number of nitrogens with zero attached hydrogens (tertiary/aromatic N) is 3. The van der Waals surface area contributed by atoms with Gasteiger partial charge in [-0.05, 0) is 12.1 Å². The van der Waals surface area contributed by atoms with Crippen LogP contribution in [0.4, 0.5) is 24.9 Å². The summed E-state index contributed by atoms with van der Waals surface area (Å²) in [5.41, 5.74) is -0.827. The third-order valence-corrected chi connectivity index (χ3v) is 3.97. The molecule has 0 aliphatic heterocycles. The molecule has 0 saturated carbocycles. The lowest BCUT2D eigenvalue weighted by Crippen LogP contribution is -2.16. The van der Waals surface area contributed by atoms with Crippen LogP contribution in [0.15, 0.2) is 34.9 Å². The normalized spacial score (nSPS) is 10.7. The lowest BCUT2D eigenvalue weighted by atomic mass is 10.1. The summed E-state index contributed by atoms with van der Waals surface area (Å²) in [5.74, 6) is -4.80. The van der Waals surface area contributed by atoms with E-state index in [1.165, 1.54) is 18.2 Å². The lowest BCUT2D eigenvalue weighted by Gasteiger charge is -2.18. The highest BCUT2D eigenvalue weighted by atomic mass is 35.5. The summed E-state index contributed by atoms with van der Waals surface area (Å²) in [4.78, 5) is 21.3. The van der Waals surface area contributed by atoms with Crippen molar-refractivity contribution < 1.29 is 27.1 Å². The van der Waals surface area contributed by atoms with E-state index in [9.17, 15) is 18.0 Å². The van der Waals surface area contributed by atoms with Gasteiger partial charge in [-0.2, -0.15) is 0 Å². The van der Waals surface area contributed by atoms with E-state index in [0.29, 0.717) is 18.0 Å². The fourth-order valence-electron chi connectivity index (χ4n) is 2.27. The highest BCUT2D eigenvalue weighted by molar-refractivity contribution is 6.35. The zero-order chi connectivity index (χ0) is 19.7. The van der Waals surface area contributed by atoms with Gasteiger partial charge in [-0.3, -0.25) is 4.90 Å². The Labute approximate surface area is 156 Å². The molecule has 0 N–H and O–H groups in total. The molecule has 0 radical (unpaired) electrons. The van der Waals surface area contributed by atoms with Gasteiger partial charge in [-0.15, -0.1) is 0 Å². The summed E-state index contributed by atoms with van der Waals surface area (Å²) in [7, 11) is 2.63. The minimum Gasteiger partial charge on any atom is -0.464 e. The van der Waals surface area contributed by atoms with Gasteiger partial charge >= 0.3 is 5.97 Å². The zero-order valence-corrected chi connectivity index (χ0v) is 14.7. The Morgan fingerprint density at radius 3 is 2.52 bits per heavy atom. The van der Waals surface area contributed by atoms with Crippen LogP contribution in [0.5, 0.6) is 0 Å². The third-order valence-electron chi connectivity index (χ3n) is 3.62. The second-order valence-electron chi connectivity index (χ2n) is 5.28. The molecule has 0 aliphatic carbocycles. The van der Waals surface area contributed by atoms with Crippen molar-refractivity contribution in [1.82, 2.24) is 9.97 Å². The molecule has 3 aromatic rings. The highest BCUT2D eigenvalue weighted by Crippen LogP contribution is 2.34. The highest BCUT2D eigenvalue weighted by Gasteiger charge is 2.25. The fourth-order valence-corrected chi connectivity index (χ4v) is 2.56. The molecule has 0 unspecified atom stereocenters. The van der Waals surface area contributed by atoms with Crippen LogP contribution >= 0.6 is 11.6 Å². The van der Waals surface area contributed by atoms with Crippen LogP contribution in [0.25, 0.3) is 11.4 Å². The molecule has 0 aliphatic rings. The standard InChI is InChI=1S/C17H11ClF3N3O3/c1-24(12-4-3-5-27-12)16-13(18)14(17(25)26-2)22-15(23-16)8-6-10(20)11(21)7-9(8)19/h3-7H,1-2H3. The van der Waals surface area contributed by atoms with E-state index in [1.54, 1.807) is 12.1 Å². The monoisotopic (exact) mass is 397 g/mol. The molecule has 3 rings (SSSR count). The Morgan fingerprint density at radius 1 is 1.19 bits per heavy atom. The number of rotatable bonds is 4. The van der Waals surface area contributed by atoms with Crippen molar-refractivity contribution in [3.63, 3.8) is 0 Å². The van der Waals surface area contributed by atoms with Gasteiger partial charge in [0.2, 0.25) is 5.88 Å². The van der Waals surface area contributed by atoms with Crippen LogP contribution in [-0.2, 0) is 4.74 Å². The van der Waals surface area contributed by atoms with Crippen molar-refractivity contribution in [2.75, 3.05) is 19.1 Å². The largest absolute Gasteiger partial charge is 0.464 e. The average Bonchev–Trinajstić information content (AvgIpc) is 3.18. The molecule has 0 fully saturated rings. The number of furan rings is 1. The number of aromatic nitrogens is 2. The number of hydrogen-bond donors (Lipinski definition) is 0. The summed E-state index contributed by atoms with van der Waals surface area (Å²) >= 11 is 6.21. The smallest absolute Gasteiger partial charge is 0.358 e. The van der Waals surface area contributed by atoms with Crippen molar-refractivity contribution in [3.05, 3.63) is 58.7 Å². The molecule has 2 aromatic heterocycles. The van der Waals surface area contributed by atoms with Gasteiger partial charge in [0.1, 0.15) is 10.8 Å². The number of methoxy groups -OCH3 is 1. The van der Waals surface area contributed by atoms with Crippen LogP contribution in [0.3, 0.4) is 0 Å². The Kier molecular flexibility index (Phi) is 5.04. The number of ether oxygens (including phenoxy) is 1. The molecule has 1 aromatic carbocycles. The van der Waals surface area contributed by atoms with Gasteiger partial charge in [0.25, 0.3) is 0 Å². The molecule has 140 valence electrons. The van der Waals surface area contributed by atoms with Crippen molar-refractivity contribution in [2.45, 2.75) is 0 Å². The first-order chi connectivity index (χ1) is 12.8. The van der Waals surface area contributed by atoms with E-state index in [1.807, 2.05) is 0 Å². The quantitative estimate of drug-likeness (QED) is 0.481. The molecule has 0 bridgehead atoms. The van der Waals surface area contributed by atoms with E-state index < -0.39 is 29.0 Å². The minimum absolute atomic E-state index is 0.0267. The predicted molar refractivity (Wildman–Crippen MR) is 90.5 cm³/mol. The summed E-state index contributed by atoms with van der Waals surface area (Å²) in [5, 5.41) is -0.188. The Bertz CT molecular complexity index is 1010. The third kappa shape index (κ3) is 3.45. The van der Waals surface area contributed by atoms with Gasteiger partial charge in [0, 0.05) is 19.2 Å². The van der Waals surface area contributed by atoms with E-state index >= 15 is 0 Å². The van der Waals surface area contributed by atoms with E-state index in [2.05, 4.69) is 14.7 Å². The fraction of sp³-hybridized carbons (Fsp3) is 0.118. The van der Waals surface area contributed by atoms with Crippen LogP contribution in [0.1, 0.15) is 10.5 Å². The number of hydrogen-bond acceptors (Lipinski definition) is 6.